The Hall–Kier alpha value is -0.590. The molecular weight excluding hydrogens is 136 g/mol. The fourth-order valence-corrected chi connectivity index (χ4v) is 2.07. The van der Waals surface area contributed by atoms with E-state index in [1.807, 2.05) is 0 Å². The van der Waals surface area contributed by atoms with Gasteiger partial charge in [0, 0.05) is 0 Å². The number of allylic oxidation sites excluding steroid dienone is 2. The van der Waals surface area contributed by atoms with Gasteiger partial charge < -0.3 is 0 Å². The van der Waals surface area contributed by atoms with Crippen LogP contribution < -0.4 is 0 Å². The normalized spacial score (nSPS) is 29.4. The highest BCUT2D eigenvalue weighted by Crippen LogP contribution is 2.35. The largest absolute Gasteiger partial charge is 0.298 e. The summed E-state index contributed by atoms with van der Waals surface area (Å²) in [7, 11) is 0. The molecule has 0 heterocycles. The van der Waals surface area contributed by atoms with E-state index in [1.54, 1.807) is 0 Å². The molecule has 0 aromatic heterocycles. The summed E-state index contributed by atoms with van der Waals surface area (Å²) in [5.74, 6) is 0.662. The lowest BCUT2D eigenvalue weighted by Crippen LogP contribution is -2.19. The van der Waals surface area contributed by atoms with Crippen LogP contribution in [0.15, 0.2) is 11.6 Å². The maximum absolute atomic E-state index is 10.5. The van der Waals surface area contributed by atoms with Crippen molar-refractivity contribution in [2.45, 2.75) is 33.6 Å². The Labute approximate surface area is 68.5 Å². The molecule has 0 amide bonds. The molecule has 1 atom stereocenters. The molecule has 1 aliphatic carbocycles. The quantitative estimate of drug-likeness (QED) is 0.528. The maximum atomic E-state index is 10.5. The molecule has 62 valence electrons. The Kier molecular flexibility index (Phi) is 2.17. The van der Waals surface area contributed by atoms with Crippen molar-refractivity contribution in [3.05, 3.63) is 11.6 Å². The second-order valence-electron chi connectivity index (χ2n) is 4.34. The Balaban J connectivity index is 2.81. The van der Waals surface area contributed by atoms with Crippen LogP contribution in [0.5, 0.6) is 0 Å². The van der Waals surface area contributed by atoms with Crippen LogP contribution in [-0.2, 0) is 4.79 Å². The van der Waals surface area contributed by atoms with Crippen molar-refractivity contribution in [2.24, 2.45) is 11.3 Å². The minimum absolute atomic E-state index is 0.230. The van der Waals surface area contributed by atoms with Crippen LogP contribution in [0.2, 0.25) is 0 Å². The molecule has 0 N–H and O–H groups in total. The van der Waals surface area contributed by atoms with E-state index in [2.05, 4.69) is 26.8 Å². The van der Waals surface area contributed by atoms with Gasteiger partial charge in [0.25, 0.3) is 0 Å². The molecule has 0 aliphatic heterocycles. The van der Waals surface area contributed by atoms with Crippen molar-refractivity contribution in [1.29, 1.82) is 0 Å². The minimum Gasteiger partial charge on any atom is -0.298 e. The van der Waals surface area contributed by atoms with Gasteiger partial charge in [-0.2, -0.15) is 0 Å². The number of carbonyl (C=O) groups excluding carboxylic acids is 1. The van der Waals surface area contributed by atoms with Crippen molar-refractivity contribution in [1.82, 2.24) is 0 Å². The third kappa shape index (κ3) is 2.18. The number of hydrogen-bond donors (Lipinski definition) is 0. The van der Waals surface area contributed by atoms with Gasteiger partial charge in [0.15, 0.2) is 0 Å². The molecule has 1 heteroatoms. The molecule has 0 saturated carbocycles. The van der Waals surface area contributed by atoms with Crippen molar-refractivity contribution < 1.29 is 4.79 Å². The van der Waals surface area contributed by atoms with E-state index in [9.17, 15) is 4.79 Å². The van der Waals surface area contributed by atoms with E-state index in [0.29, 0.717) is 5.92 Å². The Morgan fingerprint density at radius 1 is 1.64 bits per heavy atom. The molecule has 0 spiro atoms. The van der Waals surface area contributed by atoms with Gasteiger partial charge in [-0.1, -0.05) is 26.8 Å². The summed E-state index contributed by atoms with van der Waals surface area (Å²) in [5.41, 5.74) is 1.21. The summed E-state index contributed by atoms with van der Waals surface area (Å²) in [5, 5.41) is 0. The molecular formula is C10H16O. The highest BCUT2D eigenvalue weighted by atomic mass is 16.1. The summed E-state index contributed by atoms with van der Waals surface area (Å²) >= 11 is 0. The number of carbonyl (C=O) groups is 1. The van der Waals surface area contributed by atoms with Crippen LogP contribution in [0.3, 0.4) is 0 Å². The Morgan fingerprint density at radius 3 is 2.73 bits per heavy atom. The van der Waals surface area contributed by atoms with Crippen molar-refractivity contribution in [3.63, 3.8) is 0 Å². The molecule has 1 aliphatic rings. The predicted octanol–water partition coefficient (Wildman–Crippen LogP) is 2.57. The van der Waals surface area contributed by atoms with Crippen LogP contribution >= 0.6 is 0 Å². The van der Waals surface area contributed by atoms with Crippen LogP contribution in [0.25, 0.3) is 0 Å². The number of rotatable bonds is 1. The average molecular weight is 152 g/mol. The fraction of sp³-hybridized carbons (Fsp3) is 0.700. The van der Waals surface area contributed by atoms with E-state index < -0.39 is 0 Å². The van der Waals surface area contributed by atoms with E-state index >= 15 is 0 Å². The number of aldehydes is 1. The smallest absolute Gasteiger partial charge is 0.145 e. The van der Waals surface area contributed by atoms with Crippen molar-refractivity contribution >= 4 is 6.29 Å². The zero-order valence-electron chi connectivity index (χ0n) is 7.55. The SMILES string of the molecule is CC1CC(C=O)=CC(C)(C)C1. The second kappa shape index (κ2) is 2.80. The highest BCUT2D eigenvalue weighted by molar-refractivity contribution is 5.73. The van der Waals surface area contributed by atoms with Gasteiger partial charge in [0.2, 0.25) is 0 Å². The van der Waals surface area contributed by atoms with E-state index in [0.717, 1.165) is 18.3 Å². The molecule has 0 bridgehead atoms. The molecule has 11 heavy (non-hydrogen) atoms. The Bertz CT molecular complexity index is 189. The van der Waals surface area contributed by atoms with Crippen LogP contribution in [0, 0.1) is 11.3 Å². The number of hydrogen-bond acceptors (Lipinski definition) is 1. The maximum Gasteiger partial charge on any atom is 0.145 e. The lowest BCUT2D eigenvalue weighted by Gasteiger charge is -2.30. The molecule has 0 aromatic rings. The van der Waals surface area contributed by atoms with Gasteiger partial charge in [-0.15, -0.1) is 0 Å². The standard InChI is InChI=1S/C10H16O/c1-8-4-9(7-11)6-10(2,3)5-8/h6-8H,4-5H2,1-3H3. The highest BCUT2D eigenvalue weighted by Gasteiger charge is 2.24. The predicted molar refractivity (Wildman–Crippen MR) is 46.3 cm³/mol. The third-order valence-electron chi connectivity index (χ3n) is 2.19. The average Bonchev–Trinajstić information content (AvgIpc) is 1.83. The lowest BCUT2D eigenvalue weighted by molar-refractivity contribution is -0.105. The molecule has 0 radical (unpaired) electrons. The van der Waals surface area contributed by atoms with Gasteiger partial charge >= 0.3 is 0 Å². The molecule has 0 fully saturated rings. The Morgan fingerprint density at radius 2 is 2.27 bits per heavy atom. The van der Waals surface area contributed by atoms with Crippen molar-refractivity contribution in [2.75, 3.05) is 0 Å². The monoisotopic (exact) mass is 152 g/mol. The van der Waals surface area contributed by atoms with Crippen LogP contribution in [0.1, 0.15) is 33.6 Å². The van der Waals surface area contributed by atoms with Gasteiger partial charge in [-0.25, -0.2) is 0 Å². The first-order valence-electron chi connectivity index (χ1n) is 4.20. The topological polar surface area (TPSA) is 17.1 Å². The summed E-state index contributed by atoms with van der Waals surface area (Å²) in [6.07, 6.45) is 5.27. The summed E-state index contributed by atoms with van der Waals surface area (Å²) in [6.45, 7) is 6.58. The zero-order chi connectivity index (χ0) is 8.48. The second-order valence-corrected chi connectivity index (χ2v) is 4.34. The first-order chi connectivity index (χ1) is 5.03. The molecule has 0 saturated heterocycles. The van der Waals surface area contributed by atoms with E-state index in [4.69, 9.17) is 0 Å². The van der Waals surface area contributed by atoms with E-state index in [1.165, 1.54) is 6.42 Å². The first-order valence-corrected chi connectivity index (χ1v) is 4.20. The third-order valence-corrected chi connectivity index (χ3v) is 2.19. The van der Waals surface area contributed by atoms with Gasteiger partial charge in [0.1, 0.15) is 6.29 Å². The van der Waals surface area contributed by atoms with Crippen LogP contribution in [0.4, 0.5) is 0 Å². The van der Waals surface area contributed by atoms with Gasteiger partial charge in [0.05, 0.1) is 0 Å². The molecule has 0 aromatic carbocycles. The first kappa shape index (κ1) is 8.51. The summed E-state index contributed by atoms with van der Waals surface area (Å²) in [4.78, 5) is 10.5. The van der Waals surface area contributed by atoms with Gasteiger partial charge in [-0.3, -0.25) is 4.79 Å². The summed E-state index contributed by atoms with van der Waals surface area (Å²) in [6, 6.07) is 0. The molecule has 1 rings (SSSR count). The zero-order valence-corrected chi connectivity index (χ0v) is 7.55. The van der Waals surface area contributed by atoms with Gasteiger partial charge in [-0.05, 0) is 29.7 Å². The fourth-order valence-electron chi connectivity index (χ4n) is 2.07. The molecule has 1 nitrogen and oxygen atoms in total. The minimum atomic E-state index is 0.230. The van der Waals surface area contributed by atoms with Crippen LogP contribution in [-0.4, -0.2) is 6.29 Å². The van der Waals surface area contributed by atoms with E-state index in [-0.39, 0.29) is 5.41 Å². The lowest BCUT2D eigenvalue weighted by atomic mass is 9.75. The van der Waals surface area contributed by atoms with Crippen molar-refractivity contribution in [3.8, 4) is 0 Å². The molecule has 1 unspecified atom stereocenters. The summed E-state index contributed by atoms with van der Waals surface area (Å²) < 4.78 is 0.